The molecule has 1 aliphatic heterocycles. The van der Waals surface area contributed by atoms with Gasteiger partial charge in [0.25, 0.3) is 0 Å². The average molecular weight is 448 g/mol. The first-order valence-corrected chi connectivity index (χ1v) is 10.8. The molecule has 0 atom stereocenters. The molecule has 0 spiro atoms. The zero-order valence-corrected chi connectivity index (χ0v) is 18.4. The number of aryl methyl sites for hydroxylation is 2. The van der Waals surface area contributed by atoms with Crippen molar-refractivity contribution in [3.05, 3.63) is 50.8 Å². The lowest BCUT2D eigenvalue weighted by Gasteiger charge is -2.24. The van der Waals surface area contributed by atoms with Crippen LogP contribution in [-0.4, -0.2) is 35.5 Å². The molecule has 0 unspecified atom stereocenters. The summed E-state index contributed by atoms with van der Waals surface area (Å²) in [5.41, 5.74) is 1.72. The maximum atomic E-state index is 12.2. The van der Waals surface area contributed by atoms with Crippen LogP contribution in [-0.2, 0) is 22.7 Å². The molecule has 31 heavy (non-hydrogen) atoms. The van der Waals surface area contributed by atoms with E-state index in [4.69, 9.17) is 26.1 Å². The zero-order valence-electron chi connectivity index (χ0n) is 17.7. The lowest BCUT2D eigenvalue weighted by atomic mass is 9.96. The van der Waals surface area contributed by atoms with Crippen molar-refractivity contribution >= 4 is 17.6 Å². The van der Waals surface area contributed by atoms with Crippen molar-refractivity contribution in [1.29, 1.82) is 0 Å². The summed E-state index contributed by atoms with van der Waals surface area (Å²) >= 11 is 6.50. The highest BCUT2D eigenvalue weighted by molar-refractivity contribution is 6.32. The van der Waals surface area contributed by atoms with Gasteiger partial charge < -0.3 is 14.4 Å². The van der Waals surface area contributed by atoms with Crippen LogP contribution in [0.3, 0.4) is 0 Å². The molecule has 0 radical (unpaired) electrons. The third-order valence-electron chi connectivity index (χ3n) is 5.75. The van der Waals surface area contributed by atoms with Gasteiger partial charge in [-0.3, -0.25) is 4.79 Å². The molecule has 1 fully saturated rings. The van der Waals surface area contributed by atoms with Crippen LogP contribution in [0.25, 0.3) is 11.3 Å². The number of halogens is 1. The summed E-state index contributed by atoms with van der Waals surface area (Å²) in [5.74, 6) is -0.203. The van der Waals surface area contributed by atoms with Crippen molar-refractivity contribution in [3.63, 3.8) is 0 Å². The Labute approximate surface area is 185 Å². The standard InChI is InChI=1S/C23H26ClNO6/c1-14(2)11-30-31-13-23(4-5-23)12-29-21-7-15-3-6-25-10-17(22(27)28)20(26)9-19(25)16(15)8-18(21)24/h7-10,14H,3-6,11-13H2,1-2H3,(H,27,28). The van der Waals surface area contributed by atoms with Gasteiger partial charge in [-0.25, -0.2) is 14.6 Å². The van der Waals surface area contributed by atoms with E-state index in [9.17, 15) is 14.7 Å². The molecule has 166 valence electrons. The molecular weight excluding hydrogens is 422 g/mol. The number of rotatable bonds is 9. The van der Waals surface area contributed by atoms with Gasteiger partial charge in [0.05, 0.1) is 30.5 Å². The smallest absolute Gasteiger partial charge is 0.341 e. The first-order chi connectivity index (χ1) is 14.8. The van der Waals surface area contributed by atoms with Crippen molar-refractivity contribution < 1.29 is 24.4 Å². The predicted octanol–water partition coefficient (Wildman–Crippen LogP) is 4.19. The minimum Gasteiger partial charge on any atom is -0.491 e. The second kappa shape index (κ2) is 8.65. The normalized spacial score (nSPS) is 16.0. The average Bonchev–Trinajstić information content (AvgIpc) is 3.49. The number of aromatic nitrogens is 1. The summed E-state index contributed by atoms with van der Waals surface area (Å²) in [5, 5.41) is 9.65. The van der Waals surface area contributed by atoms with Crippen molar-refractivity contribution in [2.75, 3.05) is 19.8 Å². The number of benzene rings is 1. The van der Waals surface area contributed by atoms with Gasteiger partial charge >= 0.3 is 5.97 Å². The maximum Gasteiger partial charge on any atom is 0.341 e. The molecule has 4 rings (SSSR count). The minimum atomic E-state index is -1.22. The van der Waals surface area contributed by atoms with Crippen molar-refractivity contribution in [2.45, 2.75) is 39.7 Å². The zero-order chi connectivity index (χ0) is 22.2. The number of ether oxygens (including phenoxy) is 1. The molecule has 2 aromatic rings. The lowest BCUT2D eigenvalue weighted by molar-refractivity contribution is -0.309. The summed E-state index contributed by atoms with van der Waals surface area (Å²) in [6.07, 6.45) is 4.13. The first-order valence-electron chi connectivity index (χ1n) is 10.5. The Bertz CT molecular complexity index is 1060. The highest BCUT2D eigenvalue weighted by Crippen LogP contribution is 2.47. The number of fused-ring (bicyclic) bond motifs is 3. The van der Waals surface area contributed by atoms with Gasteiger partial charge in [-0.2, -0.15) is 0 Å². The van der Waals surface area contributed by atoms with Crippen molar-refractivity contribution in [3.8, 4) is 17.0 Å². The van der Waals surface area contributed by atoms with Crippen molar-refractivity contribution in [2.24, 2.45) is 11.3 Å². The topological polar surface area (TPSA) is 87.0 Å². The monoisotopic (exact) mass is 447 g/mol. The van der Waals surface area contributed by atoms with E-state index in [0.29, 0.717) is 55.2 Å². The molecule has 0 amide bonds. The number of carboxylic acid groups (broad SMARTS) is 1. The van der Waals surface area contributed by atoms with E-state index in [-0.39, 0.29) is 11.0 Å². The Morgan fingerprint density at radius 2 is 2.00 bits per heavy atom. The number of hydrogen-bond donors (Lipinski definition) is 1. The quantitative estimate of drug-likeness (QED) is 0.352. The SMILES string of the molecule is CC(C)COOCC1(COc2cc3c(cc2Cl)-c2cc(=O)c(C(=O)O)cn2CC3)CC1. The van der Waals surface area contributed by atoms with Crippen molar-refractivity contribution in [1.82, 2.24) is 4.57 Å². The molecule has 1 aromatic carbocycles. The summed E-state index contributed by atoms with van der Waals surface area (Å²) in [7, 11) is 0. The number of aromatic carboxylic acids is 1. The Morgan fingerprint density at radius 1 is 1.23 bits per heavy atom. The van der Waals surface area contributed by atoms with Gasteiger partial charge in [-0.15, -0.1) is 0 Å². The summed E-state index contributed by atoms with van der Waals surface area (Å²) in [4.78, 5) is 34.1. The molecule has 7 nitrogen and oxygen atoms in total. The van der Waals surface area contributed by atoms with Gasteiger partial charge in [-0.05, 0) is 42.9 Å². The molecule has 1 aromatic heterocycles. The molecule has 1 aliphatic carbocycles. The van der Waals surface area contributed by atoms with Crippen LogP contribution in [0.2, 0.25) is 5.02 Å². The van der Waals surface area contributed by atoms with Gasteiger partial charge in [0, 0.05) is 29.8 Å². The van der Waals surface area contributed by atoms with E-state index in [1.165, 1.54) is 12.3 Å². The molecule has 1 saturated carbocycles. The van der Waals surface area contributed by atoms with Gasteiger partial charge in [0.1, 0.15) is 11.3 Å². The molecule has 8 heteroatoms. The highest BCUT2D eigenvalue weighted by Gasteiger charge is 2.44. The van der Waals surface area contributed by atoms with E-state index >= 15 is 0 Å². The van der Waals surface area contributed by atoms with Crippen LogP contribution in [0.1, 0.15) is 42.6 Å². The second-order valence-electron chi connectivity index (χ2n) is 8.85. The van der Waals surface area contributed by atoms with E-state index < -0.39 is 11.4 Å². The maximum absolute atomic E-state index is 12.2. The Kier molecular flexibility index (Phi) is 6.10. The number of hydrogen-bond acceptors (Lipinski definition) is 5. The Balaban J connectivity index is 1.48. The van der Waals surface area contributed by atoms with E-state index in [0.717, 1.165) is 24.0 Å². The first kappa shape index (κ1) is 21.9. The second-order valence-corrected chi connectivity index (χ2v) is 9.26. The third-order valence-corrected chi connectivity index (χ3v) is 6.05. The molecule has 2 heterocycles. The van der Waals surface area contributed by atoms with Crippen LogP contribution in [0, 0.1) is 11.3 Å². The fourth-order valence-corrected chi connectivity index (χ4v) is 3.85. The fraction of sp³-hybridized carbons (Fsp3) is 0.478. The fourth-order valence-electron chi connectivity index (χ4n) is 3.63. The van der Waals surface area contributed by atoms with E-state index in [2.05, 4.69) is 13.8 Å². The number of carboxylic acids is 1. The van der Waals surface area contributed by atoms with Crippen LogP contribution in [0.15, 0.2) is 29.2 Å². The van der Waals surface area contributed by atoms with Crippen LogP contribution in [0.5, 0.6) is 5.75 Å². The predicted molar refractivity (Wildman–Crippen MR) is 116 cm³/mol. The summed E-state index contributed by atoms with van der Waals surface area (Å²) in [6.45, 7) is 6.26. The Morgan fingerprint density at radius 3 is 2.68 bits per heavy atom. The molecule has 0 saturated heterocycles. The van der Waals surface area contributed by atoms with Gasteiger partial charge in [-0.1, -0.05) is 25.4 Å². The van der Waals surface area contributed by atoms with Gasteiger partial charge in [0.2, 0.25) is 0 Å². The molecular formula is C23H26ClNO6. The number of pyridine rings is 1. The summed E-state index contributed by atoms with van der Waals surface area (Å²) in [6, 6.07) is 5.08. The van der Waals surface area contributed by atoms with Crippen LogP contribution >= 0.6 is 11.6 Å². The number of nitrogens with zero attached hydrogens (tertiary/aromatic N) is 1. The van der Waals surface area contributed by atoms with E-state index in [1.54, 1.807) is 10.6 Å². The minimum absolute atomic E-state index is 0.0383. The van der Waals surface area contributed by atoms with Crippen LogP contribution < -0.4 is 10.2 Å². The molecule has 1 N–H and O–H groups in total. The number of carbonyl (C=O) groups is 1. The van der Waals surface area contributed by atoms with Gasteiger partial charge in [0.15, 0.2) is 5.43 Å². The lowest BCUT2D eigenvalue weighted by Crippen LogP contribution is -2.22. The largest absolute Gasteiger partial charge is 0.491 e. The van der Waals surface area contributed by atoms with E-state index in [1.807, 2.05) is 6.07 Å². The van der Waals surface area contributed by atoms with Crippen LogP contribution in [0.4, 0.5) is 0 Å². The third kappa shape index (κ3) is 4.79. The summed E-state index contributed by atoms with van der Waals surface area (Å²) < 4.78 is 7.85. The molecule has 0 bridgehead atoms. The Hall–Kier alpha value is -2.35. The highest BCUT2D eigenvalue weighted by atomic mass is 35.5. The molecule has 2 aliphatic rings.